The normalized spacial score (nSPS) is 10.4. The smallest absolute Gasteiger partial charge is 0.305 e. The Kier molecular flexibility index (Phi) is 10.7. The van der Waals surface area contributed by atoms with Crippen LogP contribution in [0.15, 0.2) is 79.4 Å². The number of carbonyl (C=O) groups excluding carboxylic acids is 2. The Hall–Kier alpha value is -4.59. The Morgan fingerprint density at radius 1 is 0.949 bits per heavy atom. The van der Waals surface area contributed by atoms with E-state index in [4.69, 9.17) is 9.47 Å². The molecule has 39 heavy (non-hydrogen) atoms. The standard InChI is InChI=1S/C31H34N2O6/c1-4-18-32-30(36)25-12-8-6-10-23(25)24-11-7-9-13-26(24)31(37)33(20-17-29(34)35)19-16-22-14-15-27(39-5-2)28(21-22)38-3/h4,6-15,21H,1,5,16-20H2,2-3H3,(H,32,36)(H,34,35). The number of aliphatic carboxylic acids is 1. The van der Waals surface area contributed by atoms with Gasteiger partial charge in [-0.05, 0) is 54.3 Å². The van der Waals surface area contributed by atoms with Crippen LogP contribution in [0.5, 0.6) is 11.5 Å². The number of methoxy groups -OCH3 is 1. The van der Waals surface area contributed by atoms with Crippen LogP contribution in [0.25, 0.3) is 11.1 Å². The lowest BCUT2D eigenvalue weighted by atomic mass is 9.94. The summed E-state index contributed by atoms with van der Waals surface area (Å²) in [4.78, 5) is 39.6. The number of hydrogen-bond donors (Lipinski definition) is 2. The van der Waals surface area contributed by atoms with Gasteiger partial charge in [-0.3, -0.25) is 14.4 Å². The van der Waals surface area contributed by atoms with Gasteiger partial charge in [0, 0.05) is 30.8 Å². The Morgan fingerprint density at radius 2 is 1.62 bits per heavy atom. The van der Waals surface area contributed by atoms with Crippen LogP contribution in [0, 0.1) is 0 Å². The van der Waals surface area contributed by atoms with Crippen molar-refractivity contribution in [1.82, 2.24) is 10.2 Å². The van der Waals surface area contributed by atoms with Crippen molar-refractivity contribution in [3.05, 3.63) is 96.1 Å². The number of carbonyl (C=O) groups is 3. The van der Waals surface area contributed by atoms with E-state index in [0.29, 0.717) is 59.9 Å². The van der Waals surface area contributed by atoms with Crippen LogP contribution in [-0.4, -0.2) is 61.1 Å². The zero-order valence-electron chi connectivity index (χ0n) is 22.3. The maximum absolute atomic E-state index is 13.9. The molecular weight excluding hydrogens is 496 g/mol. The first-order chi connectivity index (χ1) is 18.9. The molecule has 2 N–H and O–H groups in total. The number of amides is 2. The second kappa shape index (κ2) is 14.4. The van der Waals surface area contributed by atoms with Crippen LogP contribution in [0.1, 0.15) is 39.6 Å². The third kappa shape index (κ3) is 7.70. The molecule has 2 amide bonds. The van der Waals surface area contributed by atoms with E-state index in [-0.39, 0.29) is 24.8 Å². The third-order valence-electron chi connectivity index (χ3n) is 6.11. The van der Waals surface area contributed by atoms with E-state index >= 15 is 0 Å². The number of benzene rings is 3. The summed E-state index contributed by atoms with van der Waals surface area (Å²) in [5, 5.41) is 12.1. The number of nitrogens with zero attached hydrogens (tertiary/aromatic N) is 1. The van der Waals surface area contributed by atoms with Crippen molar-refractivity contribution < 1.29 is 29.0 Å². The molecule has 0 aliphatic carbocycles. The van der Waals surface area contributed by atoms with Crippen LogP contribution in [0.3, 0.4) is 0 Å². The SMILES string of the molecule is C=CCNC(=O)c1ccccc1-c1ccccc1C(=O)N(CCC(=O)O)CCc1ccc(OCC)c(OC)c1. The number of rotatable bonds is 14. The molecule has 0 saturated heterocycles. The minimum Gasteiger partial charge on any atom is -0.493 e. The topological polar surface area (TPSA) is 105 Å². The predicted molar refractivity (Wildman–Crippen MR) is 150 cm³/mol. The summed E-state index contributed by atoms with van der Waals surface area (Å²) >= 11 is 0. The molecule has 0 aliphatic heterocycles. The maximum atomic E-state index is 13.9. The van der Waals surface area contributed by atoms with Crippen molar-refractivity contribution >= 4 is 17.8 Å². The van der Waals surface area contributed by atoms with Crippen molar-refractivity contribution in [2.75, 3.05) is 33.4 Å². The van der Waals surface area contributed by atoms with E-state index in [1.807, 2.05) is 31.2 Å². The monoisotopic (exact) mass is 530 g/mol. The summed E-state index contributed by atoms with van der Waals surface area (Å²) in [7, 11) is 1.57. The molecule has 0 unspecified atom stereocenters. The molecule has 204 valence electrons. The Morgan fingerprint density at radius 3 is 2.26 bits per heavy atom. The largest absolute Gasteiger partial charge is 0.493 e. The van der Waals surface area contributed by atoms with Gasteiger partial charge in [-0.15, -0.1) is 6.58 Å². The zero-order valence-corrected chi connectivity index (χ0v) is 22.3. The van der Waals surface area contributed by atoms with Gasteiger partial charge < -0.3 is 24.8 Å². The fraction of sp³-hybridized carbons (Fsp3) is 0.258. The number of carboxylic acid groups (broad SMARTS) is 1. The van der Waals surface area contributed by atoms with Gasteiger partial charge in [0.1, 0.15) is 0 Å². The van der Waals surface area contributed by atoms with Crippen molar-refractivity contribution in [2.24, 2.45) is 0 Å². The van der Waals surface area contributed by atoms with Gasteiger partial charge in [-0.2, -0.15) is 0 Å². The average molecular weight is 531 g/mol. The second-order valence-electron chi connectivity index (χ2n) is 8.69. The fourth-order valence-corrected chi connectivity index (χ4v) is 4.20. The molecule has 8 heteroatoms. The van der Waals surface area contributed by atoms with Crippen molar-refractivity contribution in [2.45, 2.75) is 19.8 Å². The highest BCUT2D eigenvalue weighted by atomic mass is 16.5. The molecule has 0 spiro atoms. The highest BCUT2D eigenvalue weighted by Gasteiger charge is 2.22. The van der Waals surface area contributed by atoms with E-state index in [0.717, 1.165) is 5.56 Å². The summed E-state index contributed by atoms with van der Waals surface area (Å²) in [5.74, 6) is -0.360. The molecule has 0 bridgehead atoms. The quantitative estimate of drug-likeness (QED) is 0.289. The first kappa shape index (κ1) is 29.0. The van der Waals surface area contributed by atoms with Crippen molar-refractivity contribution in [1.29, 1.82) is 0 Å². The molecular formula is C31H34N2O6. The molecule has 0 atom stereocenters. The van der Waals surface area contributed by atoms with E-state index in [1.165, 1.54) is 4.90 Å². The van der Waals surface area contributed by atoms with Gasteiger partial charge in [0.25, 0.3) is 11.8 Å². The van der Waals surface area contributed by atoms with Crippen LogP contribution < -0.4 is 14.8 Å². The molecule has 0 heterocycles. The molecule has 0 aliphatic rings. The Labute approximate surface area is 228 Å². The van der Waals surface area contributed by atoms with E-state index < -0.39 is 5.97 Å². The molecule has 0 radical (unpaired) electrons. The first-order valence-corrected chi connectivity index (χ1v) is 12.8. The molecule has 3 aromatic carbocycles. The van der Waals surface area contributed by atoms with Gasteiger partial charge in [0.2, 0.25) is 0 Å². The maximum Gasteiger partial charge on any atom is 0.305 e. The number of nitrogens with one attached hydrogen (secondary N) is 1. The second-order valence-corrected chi connectivity index (χ2v) is 8.69. The number of ether oxygens (including phenoxy) is 2. The lowest BCUT2D eigenvalue weighted by Crippen LogP contribution is -2.35. The summed E-state index contributed by atoms with van der Waals surface area (Å²) < 4.78 is 11.0. The van der Waals surface area contributed by atoms with Crippen molar-refractivity contribution in [3.8, 4) is 22.6 Å². The lowest BCUT2D eigenvalue weighted by molar-refractivity contribution is -0.137. The third-order valence-corrected chi connectivity index (χ3v) is 6.11. The summed E-state index contributed by atoms with van der Waals surface area (Å²) in [6, 6.07) is 19.7. The average Bonchev–Trinajstić information content (AvgIpc) is 2.96. The molecule has 0 saturated carbocycles. The number of carboxylic acids is 1. The van der Waals surface area contributed by atoms with Crippen LogP contribution in [0.4, 0.5) is 0 Å². The van der Waals surface area contributed by atoms with Gasteiger partial charge >= 0.3 is 5.97 Å². The zero-order chi connectivity index (χ0) is 28.2. The Balaban J connectivity index is 1.92. The summed E-state index contributed by atoms with van der Waals surface area (Å²) in [6.45, 7) is 6.68. The van der Waals surface area contributed by atoms with E-state index in [2.05, 4.69) is 11.9 Å². The van der Waals surface area contributed by atoms with Gasteiger partial charge in [-0.25, -0.2) is 0 Å². The first-order valence-electron chi connectivity index (χ1n) is 12.8. The predicted octanol–water partition coefficient (Wildman–Crippen LogP) is 4.84. The Bertz CT molecular complexity index is 1320. The van der Waals surface area contributed by atoms with Crippen LogP contribution >= 0.6 is 0 Å². The van der Waals surface area contributed by atoms with Crippen LogP contribution in [-0.2, 0) is 11.2 Å². The fourth-order valence-electron chi connectivity index (χ4n) is 4.20. The van der Waals surface area contributed by atoms with Gasteiger partial charge in [-0.1, -0.05) is 48.5 Å². The van der Waals surface area contributed by atoms with E-state index in [9.17, 15) is 19.5 Å². The number of hydrogen-bond acceptors (Lipinski definition) is 5. The highest BCUT2D eigenvalue weighted by molar-refractivity contribution is 6.06. The van der Waals surface area contributed by atoms with Crippen LogP contribution in [0.2, 0.25) is 0 Å². The minimum absolute atomic E-state index is 0.0398. The lowest BCUT2D eigenvalue weighted by Gasteiger charge is -2.24. The molecule has 0 aromatic heterocycles. The molecule has 0 fully saturated rings. The highest BCUT2D eigenvalue weighted by Crippen LogP contribution is 2.30. The summed E-state index contributed by atoms with van der Waals surface area (Å²) in [6.07, 6.45) is 1.89. The van der Waals surface area contributed by atoms with E-state index in [1.54, 1.807) is 55.7 Å². The van der Waals surface area contributed by atoms with Gasteiger partial charge in [0.05, 0.1) is 20.1 Å². The molecule has 8 nitrogen and oxygen atoms in total. The van der Waals surface area contributed by atoms with Crippen molar-refractivity contribution in [3.63, 3.8) is 0 Å². The summed E-state index contributed by atoms with van der Waals surface area (Å²) in [5.41, 5.74) is 2.93. The molecule has 3 rings (SSSR count). The minimum atomic E-state index is -0.993. The molecule has 3 aromatic rings. The van der Waals surface area contributed by atoms with Gasteiger partial charge in [0.15, 0.2) is 11.5 Å².